The summed E-state index contributed by atoms with van der Waals surface area (Å²) in [6.07, 6.45) is -1.47. The first kappa shape index (κ1) is 22.6. The van der Waals surface area contributed by atoms with E-state index < -0.39 is 30.6 Å². The zero-order chi connectivity index (χ0) is 24.4. The summed E-state index contributed by atoms with van der Waals surface area (Å²) in [5.41, 5.74) is 1.35. The average Bonchev–Trinajstić information content (AvgIpc) is 3.46. The molecule has 178 valence electrons. The fraction of sp³-hybridized carbons (Fsp3) is 0.240. The molecule has 1 aliphatic heterocycles. The minimum absolute atomic E-state index is 0.190. The Labute approximate surface area is 199 Å². The molecule has 4 aromatic rings. The molecular weight excluding hydrogens is 453 g/mol. The van der Waals surface area contributed by atoms with E-state index in [1.165, 1.54) is 17.2 Å². The maximum atomic E-state index is 15.6. The minimum Gasteiger partial charge on any atom is -0.453 e. The number of halogens is 1. The molecule has 0 unspecified atom stereocenters. The Morgan fingerprint density at radius 2 is 1.71 bits per heavy atom. The number of carbonyl (C=O) groups is 2. The number of esters is 1. The van der Waals surface area contributed by atoms with Gasteiger partial charge < -0.3 is 14.8 Å². The van der Waals surface area contributed by atoms with Crippen LogP contribution >= 0.6 is 0 Å². The van der Waals surface area contributed by atoms with Gasteiger partial charge in [0.05, 0.1) is 11.9 Å². The monoisotopic (exact) mass is 475 g/mol. The number of fused-ring (bicyclic) bond motifs is 1. The van der Waals surface area contributed by atoms with Crippen LogP contribution in [0.5, 0.6) is 0 Å². The van der Waals surface area contributed by atoms with Gasteiger partial charge in [-0.25, -0.2) is 24.1 Å². The Morgan fingerprint density at radius 3 is 2.40 bits per heavy atom. The number of ether oxygens (including phenoxy) is 2. The molecule has 4 atom stereocenters. The summed E-state index contributed by atoms with van der Waals surface area (Å²) < 4.78 is 28.5. The van der Waals surface area contributed by atoms with Crippen molar-refractivity contribution in [1.82, 2.24) is 19.5 Å². The van der Waals surface area contributed by atoms with Crippen molar-refractivity contribution in [3.63, 3.8) is 0 Å². The van der Waals surface area contributed by atoms with E-state index >= 15 is 4.39 Å². The third-order valence-corrected chi connectivity index (χ3v) is 5.82. The van der Waals surface area contributed by atoms with E-state index in [9.17, 15) is 9.59 Å². The lowest BCUT2D eigenvalue weighted by Gasteiger charge is -2.18. The van der Waals surface area contributed by atoms with Crippen LogP contribution in [0.4, 0.5) is 10.2 Å². The van der Waals surface area contributed by atoms with Crippen molar-refractivity contribution in [1.29, 1.82) is 0 Å². The van der Waals surface area contributed by atoms with Gasteiger partial charge in [0.1, 0.15) is 12.4 Å². The highest BCUT2D eigenvalue weighted by molar-refractivity contribution is 6.06. The predicted octanol–water partition coefficient (Wildman–Crippen LogP) is 3.95. The molecule has 1 amide bonds. The van der Waals surface area contributed by atoms with Gasteiger partial charge in [-0.15, -0.1) is 0 Å². The van der Waals surface area contributed by atoms with Gasteiger partial charge in [0, 0.05) is 5.56 Å². The molecule has 0 spiro atoms. The van der Waals surface area contributed by atoms with E-state index in [1.54, 1.807) is 54.6 Å². The number of carbonyl (C=O) groups excluding carboxylic acids is 2. The van der Waals surface area contributed by atoms with Crippen molar-refractivity contribution in [3.8, 4) is 0 Å². The molecule has 0 aliphatic carbocycles. The fourth-order valence-electron chi connectivity index (χ4n) is 4.05. The number of amides is 1. The largest absolute Gasteiger partial charge is 0.453 e. The molecule has 1 saturated heterocycles. The number of anilines is 1. The van der Waals surface area contributed by atoms with Crippen LogP contribution in [0.3, 0.4) is 0 Å². The molecule has 3 heterocycles. The third-order valence-electron chi connectivity index (χ3n) is 5.82. The summed E-state index contributed by atoms with van der Waals surface area (Å²) in [6, 6.07) is 17.1. The van der Waals surface area contributed by atoms with Gasteiger partial charge in [-0.1, -0.05) is 43.3 Å². The highest BCUT2D eigenvalue weighted by Gasteiger charge is 2.48. The van der Waals surface area contributed by atoms with E-state index in [2.05, 4.69) is 20.3 Å². The van der Waals surface area contributed by atoms with Crippen LogP contribution in [-0.4, -0.2) is 49.8 Å². The highest BCUT2D eigenvalue weighted by Crippen LogP contribution is 2.37. The SMILES string of the molecule is CC[C@H]1O[C@@H](n2cnc3c(NC(=O)c4ccccc4)ncnc32)[C@H](F)[C@@H]1OC(=O)c1ccccc1. The number of nitrogens with one attached hydrogen (secondary N) is 1. The Bertz CT molecular complexity index is 1350. The van der Waals surface area contributed by atoms with Crippen molar-refractivity contribution in [2.75, 3.05) is 5.32 Å². The number of imidazole rings is 1. The smallest absolute Gasteiger partial charge is 0.338 e. The molecular formula is C25H22FN5O4. The number of rotatable bonds is 6. The van der Waals surface area contributed by atoms with Gasteiger partial charge in [-0.2, -0.15) is 0 Å². The summed E-state index contributed by atoms with van der Waals surface area (Å²) in [5, 5.41) is 2.72. The van der Waals surface area contributed by atoms with E-state index in [1.807, 2.05) is 13.0 Å². The van der Waals surface area contributed by atoms with Gasteiger partial charge in [-0.3, -0.25) is 9.36 Å². The van der Waals surface area contributed by atoms with E-state index in [0.717, 1.165) is 0 Å². The van der Waals surface area contributed by atoms with Crippen molar-refractivity contribution in [2.24, 2.45) is 0 Å². The van der Waals surface area contributed by atoms with Crippen LogP contribution in [0.1, 0.15) is 40.3 Å². The first-order valence-electron chi connectivity index (χ1n) is 11.2. The quantitative estimate of drug-likeness (QED) is 0.421. The lowest BCUT2D eigenvalue weighted by Crippen LogP contribution is -2.33. The summed E-state index contributed by atoms with van der Waals surface area (Å²) >= 11 is 0. The molecule has 35 heavy (non-hydrogen) atoms. The molecule has 10 heteroatoms. The Hall–Kier alpha value is -4.18. The van der Waals surface area contributed by atoms with E-state index in [-0.39, 0.29) is 22.9 Å². The highest BCUT2D eigenvalue weighted by atomic mass is 19.1. The van der Waals surface area contributed by atoms with Crippen molar-refractivity contribution < 1.29 is 23.5 Å². The van der Waals surface area contributed by atoms with Crippen LogP contribution in [0, 0.1) is 0 Å². The second-order valence-corrected chi connectivity index (χ2v) is 8.02. The fourth-order valence-corrected chi connectivity index (χ4v) is 4.05. The zero-order valence-corrected chi connectivity index (χ0v) is 18.7. The Kier molecular flexibility index (Phi) is 6.19. The lowest BCUT2D eigenvalue weighted by molar-refractivity contribution is -0.0296. The molecule has 0 saturated carbocycles. The summed E-state index contributed by atoms with van der Waals surface area (Å²) in [5.74, 6) is -0.792. The molecule has 5 rings (SSSR count). The van der Waals surface area contributed by atoms with Crippen molar-refractivity contribution in [3.05, 3.63) is 84.4 Å². The van der Waals surface area contributed by atoms with Crippen LogP contribution < -0.4 is 5.32 Å². The first-order chi connectivity index (χ1) is 17.1. The molecule has 9 nitrogen and oxygen atoms in total. The average molecular weight is 475 g/mol. The number of benzene rings is 2. The van der Waals surface area contributed by atoms with Gasteiger partial charge in [0.15, 0.2) is 35.5 Å². The van der Waals surface area contributed by atoms with Crippen LogP contribution in [0.25, 0.3) is 11.2 Å². The number of hydrogen-bond donors (Lipinski definition) is 1. The first-order valence-corrected chi connectivity index (χ1v) is 11.2. The second kappa shape index (κ2) is 9.59. The van der Waals surface area contributed by atoms with Gasteiger partial charge in [0.25, 0.3) is 5.91 Å². The molecule has 1 aliphatic rings. The van der Waals surface area contributed by atoms with E-state index in [4.69, 9.17) is 9.47 Å². The van der Waals surface area contributed by atoms with Crippen molar-refractivity contribution in [2.45, 2.75) is 38.0 Å². The molecule has 1 N–H and O–H groups in total. The van der Waals surface area contributed by atoms with Gasteiger partial charge in [-0.05, 0) is 30.7 Å². The maximum absolute atomic E-state index is 15.6. The normalized spacial score (nSPS) is 21.7. The third kappa shape index (κ3) is 4.35. The number of nitrogens with zero attached hydrogens (tertiary/aromatic N) is 4. The maximum Gasteiger partial charge on any atom is 0.338 e. The predicted molar refractivity (Wildman–Crippen MR) is 124 cm³/mol. The molecule has 1 fully saturated rings. The van der Waals surface area contributed by atoms with Gasteiger partial charge >= 0.3 is 5.97 Å². The number of alkyl halides is 1. The lowest BCUT2D eigenvalue weighted by atomic mass is 10.1. The summed E-state index contributed by atoms with van der Waals surface area (Å²) in [4.78, 5) is 37.8. The summed E-state index contributed by atoms with van der Waals surface area (Å²) in [6.45, 7) is 1.83. The molecule has 0 radical (unpaired) electrons. The van der Waals surface area contributed by atoms with Crippen LogP contribution in [-0.2, 0) is 9.47 Å². The van der Waals surface area contributed by atoms with E-state index in [0.29, 0.717) is 17.5 Å². The zero-order valence-electron chi connectivity index (χ0n) is 18.7. The van der Waals surface area contributed by atoms with Gasteiger partial charge in [0.2, 0.25) is 0 Å². The Balaban J connectivity index is 1.39. The topological polar surface area (TPSA) is 108 Å². The van der Waals surface area contributed by atoms with Crippen molar-refractivity contribution >= 4 is 28.9 Å². The number of aromatic nitrogens is 4. The minimum atomic E-state index is -1.66. The molecule has 2 aromatic heterocycles. The second-order valence-electron chi connectivity index (χ2n) is 8.02. The molecule has 0 bridgehead atoms. The van der Waals surface area contributed by atoms with Crippen LogP contribution in [0.15, 0.2) is 73.3 Å². The Morgan fingerprint density at radius 1 is 1.03 bits per heavy atom. The standard InChI is InChI=1S/C25H22FN5O4/c1-2-17-20(35-25(33)16-11-7-4-8-12-16)18(26)24(34-17)31-14-29-19-21(27-13-28-22(19)31)30-23(32)15-9-5-3-6-10-15/h3-14,17-18,20,24H,2H2,1H3,(H,27,28,30,32)/t17-,18-,20-,24-/m1/s1. The number of hydrogen-bond acceptors (Lipinski definition) is 7. The molecule has 2 aromatic carbocycles. The summed E-state index contributed by atoms with van der Waals surface area (Å²) in [7, 11) is 0. The van der Waals surface area contributed by atoms with Crippen LogP contribution in [0.2, 0.25) is 0 Å².